The van der Waals surface area contributed by atoms with Gasteiger partial charge in [-0.05, 0) is 18.6 Å². The lowest BCUT2D eigenvalue weighted by molar-refractivity contribution is -0.138. The van der Waals surface area contributed by atoms with E-state index in [1.165, 1.54) is 11.8 Å². The van der Waals surface area contributed by atoms with Crippen molar-refractivity contribution in [3.8, 4) is 0 Å². The fraction of sp³-hybridized carbons (Fsp3) is 0.333. The molecule has 1 aromatic rings. The van der Waals surface area contributed by atoms with Gasteiger partial charge in [-0.1, -0.05) is 34.1 Å². The minimum Gasteiger partial charge on any atom is -0.480 e. The van der Waals surface area contributed by atoms with Crippen LogP contribution in [0.2, 0.25) is 0 Å². The maximum absolute atomic E-state index is 11.7. The molecule has 0 bridgehead atoms. The first-order valence-corrected chi connectivity index (χ1v) is 6.19. The SMILES string of the molecule is C[C@H](NC(=O)N(C)Cc1ccccc1Br)C(=O)O. The average Bonchev–Trinajstić information content (AvgIpc) is 2.31. The average molecular weight is 315 g/mol. The molecule has 98 valence electrons. The number of carboxylic acid groups (broad SMARTS) is 1. The maximum atomic E-state index is 11.7. The molecule has 0 aliphatic heterocycles. The second kappa shape index (κ2) is 6.39. The van der Waals surface area contributed by atoms with Crippen molar-refractivity contribution in [3.05, 3.63) is 34.3 Å². The molecule has 1 rings (SSSR count). The van der Waals surface area contributed by atoms with Crippen LogP contribution in [-0.4, -0.2) is 35.1 Å². The largest absolute Gasteiger partial charge is 0.480 e. The van der Waals surface area contributed by atoms with Crippen molar-refractivity contribution in [3.63, 3.8) is 0 Å². The van der Waals surface area contributed by atoms with Crippen LogP contribution in [0.4, 0.5) is 4.79 Å². The van der Waals surface area contributed by atoms with Gasteiger partial charge in [-0.2, -0.15) is 0 Å². The molecule has 0 unspecified atom stereocenters. The van der Waals surface area contributed by atoms with Crippen LogP contribution in [0.1, 0.15) is 12.5 Å². The summed E-state index contributed by atoms with van der Waals surface area (Å²) in [5.41, 5.74) is 0.957. The topological polar surface area (TPSA) is 69.6 Å². The number of hydrogen-bond acceptors (Lipinski definition) is 2. The molecule has 1 atom stereocenters. The number of nitrogens with zero attached hydrogens (tertiary/aromatic N) is 1. The van der Waals surface area contributed by atoms with Gasteiger partial charge in [0, 0.05) is 18.1 Å². The first-order chi connectivity index (χ1) is 8.41. The van der Waals surface area contributed by atoms with E-state index in [9.17, 15) is 9.59 Å². The molecule has 0 saturated carbocycles. The van der Waals surface area contributed by atoms with E-state index in [-0.39, 0.29) is 0 Å². The lowest BCUT2D eigenvalue weighted by atomic mass is 10.2. The van der Waals surface area contributed by atoms with Crippen molar-refractivity contribution in [2.45, 2.75) is 19.5 Å². The first kappa shape index (κ1) is 14.5. The fourth-order valence-corrected chi connectivity index (χ4v) is 1.72. The first-order valence-electron chi connectivity index (χ1n) is 5.39. The summed E-state index contributed by atoms with van der Waals surface area (Å²) in [6.07, 6.45) is 0. The Kier molecular flexibility index (Phi) is 5.15. The third-order valence-electron chi connectivity index (χ3n) is 2.42. The Balaban J connectivity index is 2.60. The van der Waals surface area contributed by atoms with Gasteiger partial charge in [-0.3, -0.25) is 4.79 Å². The number of carboxylic acids is 1. The Morgan fingerprint density at radius 2 is 2.06 bits per heavy atom. The summed E-state index contributed by atoms with van der Waals surface area (Å²) >= 11 is 3.40. The molecule has 0 saturated heterocycles. The highest BCUT2D eigenvalue weighted by Crippen LogP contribution is 2.17. The van der Waals surface area contributed by atoms with E-state index >= 15 is 0 Å². The van der Waals surface area contributed by atoms with Crippen molar-refractivity contribution in [1.82, 2.24) is 10.2 Å². The van der Waals surface area contributed by atoms with Gasteiger partial charge in [0.1, 0.15) is 6.04 Å². The zero-order valence-electron chi connectivity index (χ0n) is 10.2. The van der Waals surface area contributed by atoms with Crippen LogP contribution >= 0.6 is 15.9 Å². The van der Waals surface area contributed by atoms with E-state index in [0.29, 0.717) is 6.54 Å². The summed E-state index contributed by atoms with van der Waals surface area (Å²) in [4.78, 5) is 23.8. The molecule has 18 heavy (non-hydrogen) atoms. The number of carbonyl (C=O) groups excluding carboxylic acids is 1. The van der Waals surface area contributed by atoms with Crippen LogP contribution in [0.15, 0.2) is 28.7 Å². The quantitative estimate of drug-likeness (QED) is 0.893. The number of hydrogen-bond donors (Lipinski definition) is 2. The molecular weight excluding hydrogens is 300 g/mol. The van der Waals surface area contributed by atoms with Crippen molar-refractivity contribution in [2.75, 3.05) is 7.05 Å². The van der Waals surface area contributed by atoms with E-state index in [4.69, 9.17) is 5.11 Å². The molecule has 0 radical (unpaired) electrons. The van der Waals surface area contributed by atoms with Crippen LogP contribution in [0.3, 0.4) is 0 Å². The number of halogens is 1. The Hall–Kier alpha value is -1.56. The Morgan fingerprint density at radius 1 is 1.44 bits per heavy atom. The molecule has 0 spiro atoms. The lowest BCUT2D eigenvalue weighted by Gasteiger charge is -2.20. The number of rotatable bonds is 4. The highest BCUT2D eigenvalue weighted by Gasteiger charge is 2.17. The fourth-order valence-electron chi connectivity index (χ4n) is 1.31. The molecule has 0 aromatic heterocycles. The Labute approximate surface area is 114 Å². The molecule has 2 amide bonds. The third-order valence-corrected chi connectivity index (χ3v) is 3.20. The Bertz CT molecular complexity index is 451. The zero-order valence-corrected chi connectivity index (χ0v) is 11.8. The number of aliphatic carboxylic acids is 1. The number of nitrogens with one attached hydrogen (secondary N) is 1. The van der Waals surface area contributed by atoms with Crippen LogP contribution in [0, 0.1) is 0 Å². The summed E-state index contributed by atoms with van der Waals surface area (Å²) in [5, 5.41) is 11.1. The number of carbonyl (C=O) groups is 2. The Morgan fingerprint density at radius 3 is 2.61 bits per heavy atom. The van der Waals surface area contributed by atoms with Gasteiger partial charge in [-0.15, -0.1) is 0 Å². The minimum atomic E-state index is -1.06. The van der Waals surface area contributed by atoms with E-state index in [1.807, 2.05) is 24.3 Å². The van der Waals surface area contributed by atoms with Crippen LogP contribution < -0.4 is 5.32 Å². The summed E-state index contributed by atoms with van der Waals surface area (Å²) in [6, 6.07) is 6.24. The molecule has 1 aromatic carbocycles. The van der Waals surface area contributed by atoms with Gasteiger partial charge in [-0.25, -0.2) is 4.79 Å². The smallest absolute Gasteiger partial charge is 0.325 e. The highest BCUT2D eigenvalue weighted by atomic mass is 79.9. The normalized spacial score (nSPS) is 11.7. The second-order valence-electron chi connectivity index (χ2n) is 3.96. The second-order valence-corrected chi connectivity index (χ2v) is 4.81. The summed E-state index contributed by atoms with van der Waals surface area (Å²) in [7, 11) is 1.61. The van der Waals surface area contributed by atoms with Gasteiger partial charge in [0.2, 0.25) is 0 Å². The van der Waals surface area contributed by atoms with Gasteiger partial charge in [0.25, 0.3) is 0 Å². The molecule has 5 nitrogen and oxygen atoms in total. The third kappa shape index (κ3) is 4.03. The number of urea groups is 1. The van der Waals surface area contributed by atoms with Crippen molar-refractivity contribution >= 4 is 27.9 Å². The van der Waals surface area contributed by atoms with Crippen LogP contribution in [-0.2, 0) is 11.3 Å². The van der Waals surface area contributed by atoms with Gasteiger partial charge in [0.05, 0.1) is 0 Å². The van der Waals surface area contributed by atoms with Gasteiger partial charge in [0.15, 0.2) is 0 Å². The molecule has 0 fully saturated rings. The van der Waals surface area contributed by atoms with E-state index < -0.39 is 18.0 Å². The molecule has 0 heterocycles. The predicted octanol–water partition coefficient (Wildman–Crippen LogP) is 2.06. The van der Waals surface area contributed by atoms with Gasteiger partial charge >= 0.3 is 12.0 Å². The molecular formula is C12H15BrN2O3. The number of benzene rings is 1. The van der Waals surface area contributed by atoms with Crippen LogP contribution in [0.25, 0.3) is 0 Å². The van der Waals surface area contributed by atoms with E-state index in [0.717, 1.165) is 10.0 Å². The van der Waals surface area contributed by atoms with Crippen molar-refractivity contribution in [2.24, 2.45) is 0 Å². The minimum absolute atomic E-state index is 0.402. The summed E-state index contributed by atoms with van der Waals surface area (Å²) in [6.45, 7) is 1.83. The predicted molar refractivity (Wildman–Crippen MR) is 71.2 cm³/mol. The molecule has 2 N–H and O–H groups in total. The van der Waals surface area contributed by atoms with Crippen LogP contribution in [0.5, 0.6) is 0 Å². The monoisotopic (exact) mass is 314 g/mol. The summed E-state index contributed by atoms with van der Waals surface area (Å²) in [5.74, 6) is -1.06. The zero-order chi connectivity index (χ0) is 13.7. The van der Waals surface area contributed by atoms with Gasteiger partial charge < -0.3 is 15.3 Å². The van der Waals surface area contributed by atoms with E-state index in [2.05, 4.69) is 21.2 Å². The standard InChI is InChI=1S/C12H15BrN2O3/c1-8(11(16)17)14-12(18)15(2)7-9-5-3-4-6-10(9)13/h3-6,8H,7H2,1-2H3,(H,14,18)(H,16,17)/t8-/m0/s1. The van der Waals surface area contributed by atoms with Crippen molar-refractivity contribution in [1.29, 1.82) is 0 Å². The maximum Gasteiger partial charge on any atom is 0.325 e. The van der Waals surface area contributed by atoms with Crippen molar-refractivity contribution < 1.29 is 14.7 Å². The molecule has 0 aliphatic rings. The highest BCUT2D eigenvalue weighted by molar-refractivity contribution is 9.10. The molecule has 6 heteroatoms. The number of amides is 2. The lowest BCUT2D eigenvalue weighted by Crippen LogP contribution is -2.44. The summed E-state index contributed by atoms with van der Waals surface area (Å²) < 4.78 is 0.913. The molecule has 0 aliphatic carbocycles. The van der Waals surface area contributed by atoms with E-state index in [1.54, 1.807) is 7.05 Å².